The third-order valence-corrected chi connectivity index (χ3v) is 5.32. The fourth-order valence-electron chi connectivity index (χ4n) is 2.23. The standard InChI is InChI=1S/C17H16N2O3S2/c1-3-22-12-6-4-11(5-7-12)14(20)10-24-17-18-15-13(8-9-23-15)16(21)19(17)2/h4-9H,3,10H2,1-2H3. The normalized spacial score (nSPS) is 10.9. The topological polar surface area (TPSA) is 61.2 Å². The number of Topliss-reactive ketones (excluding diaryl/α,β-unsaturated/α-hetero) is 1. The van der Waals surface area contributed by atoms with Crippen LogP contribution in [0.4, 0.5) is 0 Å². The van der Waals surface area contributed by atoms with Crippen LogP contribution in [0.15, 0.2) is 45.7 Å². The molecule has 2 aromatic heterocycles. The summed E-state index contributed by atoms with van der Waals surface area (Å²) in [7, 11) is 1.68. The number of nitrogens with zero attached hydrogens (tertiary/aromatic N) is 2. The van der Waals surface area contributed by atoms with Gasteiger partial charge in [0.1, 0.15) is 10.6 Å². The van der Waals surface area contributed by atoms with E-state index in [0.717, 1.165) is 5.75 Å². The van der Waals surface area contributed by atoms with Gasteiger partial charge in [-0.3, -0.25) is 14.2 Å². The number of aromatic nitrogens is 2. The lowest BCUT2D eigenvalue weighted by Gasteiger charge is -2.07. The van der Waals surface area contributed by atoms with Crippen LogP contribution in [-0.2, 0) is 7.05 Å². The number of fused-ring (bicyclic) bond motifs is 1. The largest absolute Gasteiger partial charge is 0.494 e. The molecule has 3 aromatic rings. The molecule has 0 saturated carbocycles. The van der Waals surface area contributed by atoms with Crippen LogP contribution < -0.4 is 10.3 Å². The van der Waals surface area contributed by atoms with Crippen LogP contribution >= 0.6 is 23.1 Å². The zero-order chi connectivity index (χ0) is 17.1. The molecule has 0 radical (unpaired) electrons. The molecule has 0 N–H and O–H groups in total. The summed E-state index contributed by atoms with van der Waals surface area (Å²) in [5.74, 6) is 0.961. The molecule has 0 spiro atoms. The van der Waals surface area contributed by atoms with Crippen LogP contribution in [0.2, 0.25) is 0 Å². The minimum atomic E-state index is -0.0859. The summed E-state index contributed by atoms with van der Waals surface area (Å²) in [6.07, 6.45) is 0. The highest BCUT2D eigenvalue weighted by Gasteiger charge is 2.12. The summed E-state index contributed by atoms with van der Waals surface area (Å²) >= 11 is 2.70. The van der Waals surface area contributed by atoms with E-state index in [9.17, 15) is 9.59 Å². The van der Waals surface area contributed by atoms with Gasteiger partial charge in [-0.2, -0.15) is 0 Å². The van der Waals surface area contributed by atoms with E-state index in [2.05, 4.69) is 4.98 Å². The van der Waals surface area contributed by atoms with E-state index in [1.807, 2.05) is 12.3 Å². The molecular formula is C17H16N2O3S2. The van der Waals surface area contributed by atoms with Gasteiger partial charge in [-0.25, -0.2) is 4.98 Å². The Morgan fingerprint density at radius 1 is 1.29 bits per heavy atom. The van der Waals surface area contributed by atoms with Gasteiger partial charge in [0.15, 0.2) is 10.9 Å². The Balaban J connectivity index is 1.74. The van der Waals surface area contributed by atoms with Crippen molar-refractivity contribution in [3.63, 3.8) is 0 Å². The van der Waals surface area contributed by atoms with E-state index in [4.69, 9.17) is 4.74 Å². The maximum atomic E-state index is 12.3. The van der Waals surface area contributed by atoms with Crippen molar-refractivity contribution in [2.45, 2.75) is 12.1 Å². The van der Waals surface area contributed by atoms with E-state index in [-0.39, 0.29) is 17.1 Å². The van der Waals surface area contributed by atoms with Crippen molar-refractivity contribution < 1.29 is 9.53 Å². The van der Waals surface area contributed by atoms with Crippen LogP contribution in [0.25, 0.3) is 10.2 Å². The fraction of sp³-hybridized carbons (Fsp3) is 0.235. The molecule has 0 bridgehead atoms. The zero-order valence-electron chi connectivity index (χ0n) is 13.3. The molecule has 0 amide bonds. The van der Waals surface area contributed by atoms with Gasteiger partial charge in [0.05, 0.1) is 17.7 Å². The molecule has 0 atom stereocenters. The maximum Gasteiger partial charge on any atom is 0.262 e. The molecule has 0 aliphatic heterocycles. The van der Waals surface area contributed by atoms with E-state index < -0.39 is 0 Å². The second-order valence-electron chi connectivity index (χ2n) is 5.07. The number of benzene rings is 1. The van der Waals surface area contributed by atoms with Crippen LogP contribution in [-0.4, -0.2) is 27.7 Å². The van der Waals surface area contributed by atoms with Gasteiger partial charge < -0.3 is 4.74 Å². The molecule has 0 saturated heterocycles. The molecule has 124 valence electrons. The number of ketones is 1. The molecule has 0 aliphatic rings. The predicted molar refractivity (Wildman–Crippen MR) is 97.5 cm³/mol. The highest BCUT2D eigenvalue weighted by Crippen LogP contribution is 2.21. The highest BCUT2D eigenvalue weighted by molar-refractivity contribution is 7.99. The summed E-state index contributed by atoms with van der Waals surface area (Å²) in [6, 6.07) is 8.85. The quantitative estimate of drug-likeness (QED) is 0.383. The molecule has 0 unspecified atom stereocenters. The number of carbonyl (C=O) groups excluding carboxylic acids is 1. The molecule has 24 heavy (non-hydrogen) atoms. The SMILES string of the molecule is CCOc1ccc(C(=O)CSc2nc3sccc3c(=O)n2C)cc1. The summed E-state index contributed by atoms with van der Waals surface area (Å²) in [5, 5.41) is 3.01. The summed E-state index contributed by atoms with van der Waals surface area (Å²) < 4.78 is 6.86. The first-order valence-electron chi connectivity index (χ1n) is 7.43. The Morgan fingerprint density at radius 3 is 2.75 bits per heavy atom. The third-order valence-electron chi connectivity index (χ3n) is 3.48. The fourth-order valence-corrected chi connectivity index (χ4v) is 3.90. The molecule has 7 heteroatoms. The zero-order valence-corrected chi connectivity index (χ0v) is 14.9. The lowest BCUT2D eigenvalue weighted by Crippen LogP contribution is -2.19. The number of hydrogen-bond donors (Lipinski definition) is 0. The number of carbonyl (C=O) groups is 1. The Hall–Kier alpha value is -2.12. The third kappa shape index (κ3) is 3.37. The predicted octanol–water partition coefficient (Wildman–Crippen LogP) is 3.37. The van der Waals surface area contributed by atoms with Crippen LogP contribution in [0, 0.1) is 0 Å². The van der Waals surface area contributed by atoms with E-state index >= 15 is 0 Å². The number of thioether (sulfide) groups is 1. The number of thiophene rings is 1. The van der Waals surface area contributed by atoms with Crippen molar-refractivity contribution >= 4 is 39.1 Å². The second-order valence-corrected chi connectivity index (χ2v) is 6.90. The second kappa shape index (κ2) is 7.19. The molecule has 5 nitrogen and oxygen atoms in total. The van der Waals surface area contributed by atoms with E-state index in [1.54, 1.807) is 37.4 Å². The smallest absolute Gasteiger partial charge is 0.262 e. The lowest BCUT2D eigenvalue weighted by atomic mass is 10.1. The van der Waals surface area contributed by atoms with Crippen molar-refractivity contribution in [1.82, 2.24) is 9.55 Å². The Morgan fingerprint density at radius 2 is 2.04 bits per heavy atom. The van der Waals surface area contributed by atoms with Crippen molar-refractivity contribution in [3.8, 4) is 5.75 Å². The Bertz CT molecular complexity index is 929. The summed E-state index contributed by atoms with van der Waals surface area (Å²) in [4.78, 5) is 29.7. The number of rotatable bonds is 6. The van der Waals surface area contributed by atoms with Gasteiger partial charge in [-0.05, 0) is 42.6 Å². The average Bonchev–Trinajstić information content (AvgIpc) is 3.06. The maximum absolute atomic E-state index is 12.3. The van der Waals surface area contributed by atoms with E-state index in [0.29, 0.717) is 27.5 Å². The van der Waals surface area contributed by atoms with Crippen molar-refractivity contribution in [2.24, 2.45) is 7.05 Å². The van der Waals surface area contributed by atoms with E-state index in [1.165, 1.54) is 27.7 Å². The summed E-state index contributed by atoms with van der Waals surface area (Å²) in [5.41, 5.74) is 0.533. The first kappa shape index (κ1) is 16.7. The Kier molecular flexibility index (Phi) is 5.01. The molecule has 3 rings (SSSR count). The molecule has 0 fully saturated rings. The van der Waals surface area contributed by atoms with Crippen LogP contribution in [0.1, 0.15) is 17.3 Å². The molecule has 1 aromatic carbocycles. The van der Waals surface area contributed by atoms with Crippen LogP contribution in [0.5, 0.6) is 5.75 Å². The number of ether oxygens (including phenoxy) is 1. The molecule has 2 heterocycles. The van der Waals surface area contributed by atoms with Crippen molar-refractivity contribution in [1.29, 1.82) is 0 Å². The minimum Gasteiger partial charge on any atom is -0.494 e. The average molecular weight is 360 g/mol. The van der Waals surface area contributed by atoms with Gasteiger partial charge in [0, 0.05) is 12.6 Å². The minimum absolute atomic E-state index is 0.0106. The Labute approximate surface area is 147 Å². The highest BCUT2D eigenvalue weighted by atomic mass is 32.2. The van der Waals surface area contributed by atoms with Crippen LogP contribution in [0.3, 0.4) is 0 Å². The van der Waals surface area contributed by atoms with Gasteiger partial charge in [0.2, 0.25) is 0 Å². The van der Waals surface area contributed by atoms with Gasteiger partial charge in [-0.15, -0.1) is 11.3 Å². The van der Waals surface area contributed by atoms with Gasteiger partial charge in [-0.1, -0.05) is 11.8 Å². The molecular weight excluding hydrogens is 344 g/mol. The van der Waals surface area contributed by atoms with Crippen molar-refractivity contribution in [2.75, 3.05) is 12.4 Å². The number of hydrogen-bond acceptors (Lipinski definition) is 6. The first-order chi connectivity index (χ1) is 11.6. The lowest BCUT2D eigenvalue weighted by molar-refractivity contribution is 0.102. The van der Waals surface area contributed by atoms with Gasteiger partial charge >= 0.3 is 0 Å². The van der Waals surface area contributed by atoms with Crippen molar-refractivity contribution in [3.05, 3.63) is 51.6 Å². The summed E-state index contributed by atoms with van der Waals surface area (Å²) in [6.45, 7) is 2.51. The monoisotopic (exact) mass is 360 g/mol. The van der Waals surface area contributed by atoms with Gasteiger partial charge in [0.25, 0.3) is 5.56 Å². The molecule has 0 aliphatic carbocycles. The first-order valence-corrected chi connectivity index (χ1v) is 9.29.